The highest BCUT2D eigenvalue weighted by Gasteiger charge is 2.21. The van der Waals surface area contributed by atoms with Gasteiger partial charge in [-0.3, -0.25) is 4.79 Å². The van der Waals surface area contributed by atoms with Crippen LogP contribution in [0.4, 0.5) is 0 Å². The fraction of sp³-hybridized carbons (Fsp3) is 0.562. The molecule has 0 atom stereocenters. The standard InChI is InChI=1S/C16H24N2O.ClH/c1-3-13-4-6-14(7-5-13)12-16(19)18(2)15-8-10-17-11-9-15;/h4-7,15,17H,3,8-12H2,1-2H3;1H. The number of hydrogen-bond acceptors (Lipinski definition) is 2. The zero-order valence-electron chi connectivity index (χ0n) is 12.4. The Bertz CT molecular complexity index is 413. The minimum Gasteiger partial charge on any atom is -0.342 e. The maximum Gasteiger partial charge on any atom is 0.226 e. The summed E-state index contributed by atoms with van der Waals surface area (Å²) in [6.07, 6.45) is 3.70. The Hall–Kier alpha value is -1.06. The van der Waals surface area contributed by atoms with Crippen molar-refractivity contribution in [1.29, 1.82) is 0 Å². The third-order valence-corrected chi connectivity index (χ3v) is 4.04. The van der Waals surface area contributed by atoms with Crippen molar-refractivity contribution in [2.45, 2.75) is 38.6 Å². The van der Waals surface area contributed by atoms with Crippen molar-refractivity contribution < 1.29 is 4.79 Å². The normalized spacial score (nSPS) is 15.5. The number of nitrogens with zero attached hydrogens (tertiary/aromatic N) is 1. The summed E-state index contributed by atoms with van der Waals surface area (Å²) in [5.41, 5.74) is 2.44. The van der Waals surface area contributed by atoms with Crippen LogP contribution in [0.5, 0.6) is 0 Å². The highest BCUT2D eigenvalue weighted by Crippen LogP contribution is 2.13. The SMILES string of the molecule is CCc1ccc(CC(=O)N(C)C2CCNCC2)cc1.Cl. The number of likely N-dealkylation sites (N-methyl/N-ethyl adjacent to an activating group) is 1. The van der Waals surface area contributed by atoms with E-state index in [9.17, 15) is 4.79 Å². The molecule has 0 spiro atoms. The lowest BCUT2D eigenvalue weighted by Crippen LogP contribution is -2.44. The van der Waals surface area contributed by atoms with Crippen molar-refractivity contribution in [1.82, 2.24) is 10.2 Å². The monoisotopic (exact) mass is 296 g/mol. The van der Waals surface area contributed by atoms with Crippen LogP contribution in [-0.2, 0) is 17.6 Å². The molecule has 20 heavy (non-hydrogen) atoms. The van der Waals surface area contributed by atoms with E-state index >= 15 is 0 Å². The number of rotatable bonds is 4. The maximum absolute atomic E-state index is 12.3. The number of amides is 1. The van der Waals surface area contributed by atoms with Gasteiger partial charge in [0.05, 0.1) is 6.42 Å². The second kappa shape index (κ2) is 8.28. The molecule has 0 saturated carbocycles. The largest absolute Gasteiger partial charge is 0.342 e. The summed E-state index contributed by atoms with van der Waals surface area (Å²) in [6.45, 7) is 4.19. The maximum atomic E-state index is 12.3. The average molecular weight is 297 g/mol. The van der Waals surface area contributed by atoms with Crippen molar-refractivity contribution in [3.63, 3.8) is 0 Å². The van der Waals surface area contributed by atoms with E-state index in [4.69, 9.17) is 0 Å². The molecule has 1 aromatic rings. The van der Waals surface area contributed by atoms with E-state index in [0.29, 0.717) is 12.5 Å². The number of carbonyl (C=O) groups excluding carboxylic acids is 1. The first kappa shape index (κ1) is 17.0. The minimum atomic E-state index is 0. The van der Waals surface area contributed by atoms with Gasteiger partial charge in [0.25, 0.3) is 0 Å². The molecule has 1 heterocycles. The minimum absolute atomic E-state index is 0. The van der Waals surface area contributed by atoms with E-state index in [1.165, 1.54) is 5.56 Å². The van der Waals surface area contributed by atoms with Gasteiger partial charge in [-0.25, -0.2) is 0 Å². The summed E-state index contributed by atoms with van der Waals surface area (Å²) < 4.78 is 0. The van der Waals surface area contributed by atoms with Crippen LogP contribution in [-0.4, -0.2) is 37.0 Å². The second-order valence-electron chi connectivity index (χ2n) is 5.33. The van der Waals surface area contributed by atoms with Crippen LogP contribution in [0.25, 0.3) is 0 Å². The Morgan fingerprint density at radius 3 is 2.30 bits per heavy atom. The molecule has 1 aliphatic rings. The van der Waals surface area contributed by atoms with Gasteiger partial charge in [0.15, 0.2) is 0 Å². The van der Waals surface area contributed by atoms with Crippen molar-refractivity contribution in [2.75, 3.05) is 20.1 Å². The molecule has 112 valence electrons. The van der Waals surface area contributed by atoms with Gasteiger partial charge < -0.3 is 10.2 Å². The molecule has 3 nitrogen and oxygen atoms in total. The van der Waals surface area contributed by atoms with Crippen molar-refractivity contribution in [2.24, 2.45) is 0 Å². The van der Waals surface area contributed by atoms with Gasteiger partial charge in [-0.15, -0.1) is 12.4 Å². The lowest BCUT2D eigenvalue weighted by molar-refractivity contribution is -0.131. The van der Waals surface area contributed by atoms with Gasteiger partial charge in [0.2, 0.25) is 5.91 Å². The zero-order valence-corrected chi connectivity index (χ0v) is 13.2. The topological polar surface area (TPSA) is 32.3 Å². The molecule has 0 aromatic heterocycles. The fourth-order valence-electron chi connectivity index (χ4n) is 2.59. The molecule has 0 unspecified atom stereocenters. The summed E-state index contributed by atoms with van der Waals surface area (Å²) >= 11 is 0. The van der Waals surface area contributed by atoms with Crippen LogP contribution in [0.15, 0.2) is 24.3 Å². The molecule has 1 saturated heterocycles. The van der Waals surface area contributed by atoms with E-state index in [1.807, 2.05) is 11.9 Å². The highest BCUT2D eigenvalue weighted by molar-refractivity contribution is 5.85. The van der Waals surface area contributed by atoms with E-state index < -0.39 is 0 Å². The molecule has 1 N–H and O–H groups in total. The number of benzene rings is 1. The van der Waals surface area contributed by atoms with Gasteiger partial charge in [0.1, 0.15) is 0 Å². The predicted octanol–water partition coefficient (Wildman–Crippen LogP) is 2.42. The number of piperidine rings is 1. The predicted molar refractivity (Wildman–Crippen MR) is 85.4 cm³/mol. The summed E-state index contributed by atoms with van der Waals surface area (Å²) in [7, 11) is 1.94. The summed E-state index contributed by atoms with van der Waals surface area (Å²) in [4.78, 5) is 14.2. The third kappa shape index (κ3) is 4.50. The Labute approximate surface area is 128 Å². The molecule has 4 heteroatoms. The van der Waals surface area contributed by atoms with E-state index in [2.05, 4.69) is 36.5 Å². The smallest absolute Gasteiger partial charge is 0.226 e. The Balaban J connectivity index is 0.00000200. The van der Waals surface area contributed by atoms with Crippen LogP contribution >= 0.6 is 12.4 Å². The number of nitrogens with one attached hydrogen (secondary N) is 1. The molecule has 1 aromatic carbocycles. The molecular weight excluding hydrogens is 272 g/mol. The van der Waals surface area contributed by atoms with Gasteiger partial charge in [-0.2, -0.15) is 0 Å². The summed E-state index contributed by atoms with van der Waals surface area (Å²) in [5, 5.41) is 3.33. The summed E-state index contributed by atoms with van der Waals surface area (Å²) in [5.74, 6) is 0.233. The molecule has 2 rings (SSSR count). The van der Waals surface area contributed by atoms with Crippen LogP contribution < -0.4 is 5.32 Å². The zero-order chi connectivity index (χ0) is 13.7. The molecular formula is C16H25ClN2O. The second-order valence-corrected chi connectivity index (χ2v) is 5.33. The van der Waals surface area contributed by atoms with Gasteiger partial charge in [0, 0.05) is 13.1 Å². The number of aryl methyl sites for hydroxylation is 1. The molecule has 1 aliphatic heterocycles. The van der Waals surface area contributed by atoms with Crippen molar-refractivity contribution >= 4 is 18.3 Å². The number of carbonyl (C=O) groups is 1. The molecule has 1 fully saturated rings. The molecule has 1 amide bonds. The average Bonchev–Trinajstić information content (AvgIpc) is 2.48. The lowest BCUT2D eigenvalue weighted by Gasteiger charge is -2.31. The Morgan fingerprint density at radius 2 is 1.75 bits per heavy atom. The highest BCUT2D eigenvalue weighted by atomic mass is 35.5. The third-order valence-electron chi connectivity index (χ3n) is 4.04. The molecule has 0 radical (unpaired) electrons. The van der Waals surface area contributed by atoms with Crippen molar-refractivity contribution in [3.05, 3.63) is 35.4 Å². The van der Waals surface area contributed by atoms with E-state index in [0.717, 1.165) is 37.9 Å². The van der Waals surface area contributed by atoms with Crippen LogP contribution in [0.2, 0.25) is 0 Å². The van der Waals surface area contributed by atoms with Crippen LogP contribution in [0, 0.1) is 0 Å². The van der Waals surface area contributed by atoms with Crippen LogP contribution in [0.3, 0.4) is 0 Å². The number of halogens is 1. The van der Waals surface area contributed by atoms with Crippen molar-refractivity contribution in [3.8, 4) is 0 Å². The Kier molecular flexibility index (Phi) is 7.03. The fourth-order valence-corrected chi connectivity index (χ4v) is 2.59. The lowest BCUT2D eigenvalue weighted by atomic mass is 10.0. The van der Waals surface area contributed by atoms with E-state index in [1.54, 1.807) is 0 Å². The van der Waals surface area contributed by atoms with Gasteiger partial charge in [-0.1, -0.05) is 31.2 Å². The quantitative estimate of drug-likeness (QED) is 0.925. The van der Waals surface area contributed by atoms with Gasteiger partial charge >= 0.3 is 0 Å². The first-order chi connectivity index (χ1) is 9.20. The number of hydrogen-bond donors (Lipinski definition) is 1. The first-order valence-corrected chi connectivity index (χ1v) is 7.25. The van der Waals surface area contributed by atoms with Gasteiger partial charge in [-0.05, 0) is 43.5 Å². The first-order valence-electron chi connectivity index (χ1n) is 7.25. The van der Waals surface area contributed by atoms with Crippen LogP contribution in [0.1, 0.15) is 30.9 Å². The molecule has 0 aliphatic carbocycles. The summed E-state index contributed by atoms with van der Waals surface area (Å²) in [6, 6.07) is 8.80. The van der Waals surface area contributed by atoms with E-state index in [-0.39, 0.29) is 18.3 Å². The molecule has 0 bridgehead atoms. The Morgan fingerprint density at radius 1 is 1.20 bits per heavy atom.